The van der Waals surface area contributed by atoms with Crippen molar-refractivity contribution in [3.8, 4) is 0 Å². The molecule has 0 spiro atoms. The Bertz CT molecular complexity index is 861. The summed E-state index contributed by atoms with van der Waals surface area (Å²) in [5.41, 5.74) is 1.98. The van der Waals surface area contributed by atoms with E-state index < -0.39 is 9.84 Å². The zero-order valence-corrected chi connectivity index (χ0v) is 17.9. The van der Waals surface area contributed by atoms with Crippen LogP contribution in [0.15, 0.2) is 41.7 Å². The van der Waals surface area contributed by atoms with Gasteiger partial charge in [0, 0.05) is 26.2 Å². The van der Waals surface area contributed by atoms with Gasteiger partial charge in [-0.3, -0.25) is 4.90 Å². The van der Waals surface area contributed by atoms with Crippen LogP contribution in [0, 0.1) is 0 Å². The maximum Gasteiger partial charge on any atom is 0.227 e. The normalized spacial score (nSPS) is 17.3. The Labute approximate surface area is 173 Å². The van der Waals surface area contributed by atoms with E-state index in [-0.39, 0.29) is 23.6 Å². The second-order valence-corrected chi connectivity index (χ2v) is 9.52. The number of benzene rings is 1. The van der Waals surface area contributed by atoms with E-state index in [0.29, 0.717) is 32.6 Å². The Hall–Kier alpha value is -1.74. The first kappa shape index (κ1) is 22.0. The lowest BCUT2D eigenvalue weighted by Gasteiger charge is -2.23. The average molecular weight is 422 g/mol. The highest BCUT2D eigenvalue weighted by Gasteiger charge is 2.26. The zero-order valence-electron chi connectivity index (χ0n) is 17.0. The molecule has 1 atom stereocenters. The maximum atomic E-state index is 12.8. The molecule has 1 N–H and O–H groups in total. The highest BCUT2D eigenvalue weighted by Crippen LogP contribution is 2.21. The van der Waals surface area contributed by atoms with Gasteiger partial charge in [-0.05, 0) is 24.8 Å². The SMILES string of the molecule is CCCS(=O)(=O)c1ncc(CN(CCO)Cc2ccccc2)n1C[C@H]1CCCO1. The Morgan fingerprint density at radius 1 is 1.28 bits per heavy atom. The third-order valence-corrected chi connectivity index (χ3v) is 6.94. The Morgan fingerprint density at radius 3 is 2.72 bits per heavy atom. The highest BCUT2D eigenvalue weighted by atomic mass is 32.2. The number of hydrogen-bond acceptors (Lipinski definition) is 6. The van der Waals surface area contributed by atoms with Gasteiger partial charge in [-0.1, -0.05) is 37.3 Å². The molecule has 29 heavy (non-hydrogen) atoms. The first-order valence-electron chi connectivity index (χ1n) is 10.3. The first-order valence-corrected chi connectivity index (χ1v) is 11.9. The van der Waals surface area contributed by atoms with Crippen LogP contribution in [-0.2, 0) is 34.2 Å². The standard InChI is InChI=1S/C21H31N3O4S/c1-2-13-29(26,27)21-22-14-19(24(21)17-20-9-6-12-28-20)16-23(10-11-25)15-18-7-4-3-5-8-18/h3-5,7-8,14,20,25H,2,6,9-13,15-17H2,1H3/t20-/m1/s1. The summed E-state index contributed by atoms with van der Waals surface area (Å²) in [7, 11) is -3.44. The minimum Gasteiger partial charge on any atom is -0.395 e. The second-order valence-electron chi connectivity index (χ2n) is 7.52. The summed E-state index contributed by atoms with van der Waals surface area (Å²) >= 11 is 0. The molecule has 0 aliphatic carbocycles. The Morgan fingerprint density at radius 2 is 2.07 bits per heavy atom. The van der Waals surface area contributed by atoms with E-state index >= 15 is 0 Å². The van der Waals surface area contributed by atoms with Crippen LogP contribution in [0.5, 0.6) is 0 Å². The largest absolute Gasteiger partial charge is 0.395 e. The van der Waals surface area contributed by atoms with Gasteiger partial charge in [0.05, 0.1) is 36.9 Å². The number of nitrogens with zero attached hydrogens (tertiary/aromatic N) is 3. The van der Waals surface area contributed by atoms with Gasteiger partial charge >= 0.3 is 0 Å². The predicted octanol–water partition coefficient (Wildman–Crippen LogP) is 2.24. The molecular formula is C21H31N3O4S. The van der Waals surface area contributed by atoms with Gasteiger partial charge in [-0.2, -0.15) is 0 Å². The van der Waals surface area contributed by atoms with Crippen LogP contribution in [0.25, 0.3) is 0 Å². The molecule has 1 aliphatic heterocycles. The van der Waals surface area contributed by atoms with Crippen molar-refractivity contribution in [2.75, 3.05) is 25.5 Å². The van der Waals surface area contributed by atoms with Crippen molar-refractivity contribution < 1.29 is 18.3 Å². The van der Waals surface area contributed by atoms with E-state index in [1.807, 2.05) is 41.8 Å². The Kier molecular flexibility index (Phi) is 7.83. The number of aliphatic hydroxyl groups is 1. The molecule has 2 heterocycles. The molecule has 1 aromatic heterocycles. The molecule has 3 rings (SSSR count). The fraction of sp³-hybridized carbons (Fsp3) is 0.571. The summed E-state index contributed by atoms with van der Waals surface area (Å²) < 4.78 is 33.1. The predicted molar refractivity (Wildman–Crippen MR) is 111 cm³/mol. The van der Waals surface area contributed by atoms with Gasteiger partial charge in [-0.15, -0.1) is 0 Å². The molecule has 0 radical (unpaired) electrons. The number of hydrogen-bond donors (Lipinski definition) is 1. The molecule has 1 aliphatic rings. The van der Waals surface area contributed by atoms with Crippen LogP contribution in [0.4, 0.5) is 0 Å². The van der Waals surface area contributed by atoms with E-state index in [1.54, 1.807) is 6.20 Å². The van der Waals surface area contributed by atoms with Crippen LogP contribution < -0.4 is 0 Å². The van der Waals surface area contributed by atoms with Gasteiger partial charge in [-0.25, -0.2) is 13.4 Å². The van der Waals surface area contributed by atoms with Crippen LogP contribution in [0.1, 0.15) is 37.4 Å². The van der Waals surface area contributed by atoms with Gasteiger partial charge < -0.3 is 14.4 Å². The molecule has 7 nitrogen and oxygen atoms in total. The minimum absolute atomic E-state index is 0.0129. The molecule has 8 heteroatoms. The number of rotatable bonds is 11. The van der Waals surface area contributed by atoms with Crippen LogP contribution >= 0.6 is 0 Å². The molecule has 0 saturated carbocycles. The number of imidazole rings is 1. The second kappa shape index (κ2) is 10.3. The molecule has 1 fully saturated rings. The first-order chi connectivity index (χ1) is 14.0. The van der Waals surface area contributed by atoms with Crippen molar-refractivity contribution >= 4 is 9.84 Å². The lowest BCUT2D eigenvalue weighted by molar-refractivity contribution is 0.0928. The quantitative estimate of drug-likeness (QED) is 0.599. The van der Waals surface area contributed by atoms with Crippen LogP contribution in [0.2, 0.25) is 0 Å². The van der Waals surface area contributed by atoms with E-state index in [9.17, 15) is 13.5 Å². The van der Waals surface area contributed by atoms with Crippen molar-refractivity contribution in [1.82, 2.24) is 14.5 Å². The maximum absolute atomic E-state index is 12.8. The van der Waals surface area contributed by atoms with Crippen molar-refractivity contribution in [3.63, 3.8) is 0 Å². The van der Waals surface area contributed by atoms with E-state index in [2.05, 4.69) is 9.88 Å². The molecular weight excluding hydrogens is 390 g/mol. The highest BCUT2D eigenvalue weighted by molar-refractivity contribution is 7.91. The Balaban J connectivity index is 1.86. The van der Waals surface area contributed by atoms with Gasteiger partial charge in [0.2, 0.25) is 15.0 Å². The number of ether oxygens (including phenoxy) is 1. The van der Waals surface area contributed by atoms with Gasteiger partial charge in [0.15, 0.2) is 0 Å². The van der Waals surface area contributed by atoms with Gasteiger partial charge in [0.25, 0.3) is 0 Å². The summed E-state index contributed by atoms with van der Waals surface area (Å²) in [5, 5.41) is 9.65. The topological polar surface area (TPSA) is 84.7 Å². The van der Waals surface area contributed by atoms with Crippen molar-refractivity contribution in [2.24, 2.45) is 0 Å². The molecule has 0 bridgehead atoms. The van der Waals surface area contributed by atoms with Crippen molar-refractivity contribution in [3.05, 3.63) is 47.8 Å². The third-order valence-electron chi connectivity index (χ3n) is 5.11. The van der Waals surface area contributed by atoms with Crippen molar-refractivity contribution in [2.45, 2.75) is 57.1 Å². The minimum atomic E-state index is -3.44. The van der Waals surface area contributed by atoms with E-state index in [0.717, 1.165) is 30.7 Å². The monoisotopic (exact) mass is 421 g/mol. The van der Waals surface area contributed by atoms with E-state index in [1.165, 1.54) is 0 Å². The number of aromatic nitrogens is 2. The molecule has 0 amide bonds. The molecule has 160 valence electrons. The number of sulfone groups is 1. The molecule has 1 aromatic carbocycles. The van der Waals surface area contributed by atoms with Crippen molar-refractivity contribution in [1.29, 1.82) is 0 Å². The fourth-order valence-corrected chi connectivity index (χ4v) is 5.20. The molecule has 1 saturated heterocycles. The summed E-state index contributed by atoms with van der Waals surface area (Å²) in [6, 6.07) is 10.0. The smallest absolute Gasteiger partial charge is 0.227 e. The lowest BCUT2D eigenvalue weighted by atomic mass is 10.2. The fourth-order valence-electron chi connectivity index (χ4n) is 3.74. The van der Waals surface area contributed by atoms with Gasteiger partial charge in [0.1, 0.15) is 0 Å². The third kappa shape index (κ3) is 5.88. The molecule has 0 unspecified atom stereocenters. The van der Waals surface area contributed by atoms with Crippen LogP contribution in [-0.4, -0.2) is 59.6 Å². The average Bonchev–Trinajstić information content (AvgIpc) is 3.34. The zero-order chi connectivity index (χ0) is 20.7. The number of aliphatic hydroxyl groups excluding tert-OH is 1. The summed E-state index contributed by atoms with van der Waals surface area (Å²) in [6.07, 6.45) is 4.15. The molecule has 2 aromatic rings. The van der Waals surface area contributed by atoms with E-state index in [4.69, 9.17) is 4.74 Å². The summed E-state index contributed by atoms with van der Waals surface area (Å²) in [5.74, 6) is 0.0827. The summed E-state index contributed by atoms with van der Waals surface area (Å²) in [6.45, 7) is 4.78. The van der Waals surface area contributed by atoms with Crippen LogP contribution in [0.3, 0.4) is 0 Å². The summed E-state index contributed by atoms with van der Waals surface area (Å²) in [4.78, 5) is 6.40. The lowest BCUT2D eigenvalue weighted by Crippen LogP contribution is -2.29.